The number of anilines is 2. The van der Waals surface area contributed by atoms with E-state index in [1.54, 1.807) is 11.3 Å². The Morgan fingerprint density at radius 1 is 1.05 bits per heavy atom. The number of rotatable bonds is 7. The van der Waals surface area contributed by atoms with Crippen LogP contribution >= 0.6 is 11.3 Å². The summed E-state index contributed by atoms with van der Waals surface area (Å²) in [6.45, 7) is 12.1. The zero-order valence-corrected chi connectivity index (χ0v) is 24.5. The number of hydrogen-bond acceptors (Lipinski definition) is 10. The van der Waals surface area contributed by atoms with Crippen molar-refractivity contribution in [3.8, 4) is 10.6 Å². The zero-order chi connectivity index (χ0) is 28.2. The van der Waals surface area contributed by atoms with E-state index in [9.17, 15) is 5.11 Å². The molecular weight excluding hydrogens is 524 g/mol. The third kappa shape index (κ3) is 4.94. The number of nitrogens with one attached hydrogen (secondary N) is 2. The maximum Gasteiger partial charge on any atom is 0.225 e. The Morgan fingerprint density at radius 2 is 1.82 bits per heavy atom. The van der Waals surface area contributed by atoms with Crippen LogP contribution in [0.15, 0.2) is 36.5 Å². The Kier molecular flexibility index (Phi) is 6.98. The van der Waals surface area contributed by atoms with E-state index >= 15 is 0 Å². The van der Waals surface area contributed by atoms with Crippen LogP contribution in [0.2, 0.25) is 0 Å². The Morgan fingerprint density at radius 3 is 2.58 bits per heavy atom. The summed E-state index contributed by atoms with van der Waals surface area (Å²) in [7, 11) is 0. The van der Waals surface area contributed by atoms with Gasteiger partial charge in [0.05, 0.1) is 39.8 Å². The molecule has 6 rings (SSSR count). The smallest absolute Gasteiger partial charge is 0.225 e. The van der Waals surface area contributed by atoms with Crippen molar-refractivity contribution in [1.29, 1.82) is 0 Å². The highest BCUT2D eigenvalue weighted by molar-refractivity contribution is 7.21. The second-order valence-corrected chi connectivity index (χ2v) is 12.4. The monoisotopic (exact) mass is 560 g/mol. The van der Waals surface area contributed by atoms with Gasteiger partial charge < -0.3 is 25.2 Å². The molecule has 0 radical (unpaired) electrons. The lowest BCUT2D eigenvalue weighted by molar-refractivity contribution is -0.158. The van der Waals surface area contributed by atoms with Crippen molar-refractivity contribution < 1.29 is 14.6 Å². The average Bonchev–Trinajstić information content (AvgIpc) is 3.56. The first-order chi connectivity index (χ1) is 19.1. The summed E-state index contributed by atoms with van der Waals surface area (Å²) < 4.78 is 13.6. The largest absolute Gasteiger partial charge is 0.396 e. The van der Waals surface area contributed by atoms with Crippen molar-refractivity contribution in [2.45, 2.75) is 78.0 Å². The van der Waals surface area contributed by atoms with Crippen LogP contribution in [0.3, 0.4) is 0 Å². The van der Waals surface area contributed by atoms with Gasteiger partial charge in [-0.05, 0) is 65.2 Å². The highest BCUT2D eigenvalue weighted by Gasteiger charge is 2.54. The molecule has 210 valence electrons. The second-order valence-electron chi connectivity index (χ2n) is 11.3. The van der Waals surface area contributed by atoms with Crippen LogP contribution in [0.5, 0.6) is 0 Å². The summed E-state index contributed by atoms with van der Waals surface area (Å²) >= 11 is 1.61. The quantitative estimate of drug-likeness (QED) is 0.267. The van der Waals surface area contributed by atoms with Crippen molar-refractivity contribution in [2.24, 2.45) is 5.92 Å². The molecule has 1 saturated heterocycles. The highest BCUT2D eigenvalue weighted by Crippen LogP contribution is 2.44. The summed E-state index contributed by atoms with van der Waals surface area (Å²) in [5, 5.41) is 18.1. The van der Waals surface area contributed by atoms with Crippen molar-refractivity contribution in [3.63, 3.8) is 0 Å². The van der Waals surface area contributed by atoms with Gasteiger partial charge in [0.2, 0.25) is 5.95 Å². The van der Waals surface area contributed by atoms with E-state index in [0.717, 1.165) is 32.2 Å². The van der Waals surface area contributed by atoms with E-state index in [4.69, 9.17) is 24.4 Å². The summed E-state index contributed by atoms with van der Waals surface area (Å²) in [5.74, 6) is 0.495. The highest BCUT2D eigenvalue weighted by atomic mass is 32.1. The summed E-state index contributed by atoms with van der Waals surface area (Å²) in [6, 6.07) is 10.2. The predicted molar refractivity (Wildman–Crippen MR) is 158 cm³/mol. The number of hydrogen-bond donors (Lipinski definition) is 3. The minimum absolute atomic E-state index is 0.0115. The fourth-order valence-electron chi connectivity index (χ4n) is 6.01. The van der Waals surface area contributed by atoms with Crippen LogP contribution in [0.25, 0.3) is 20.8 Å². The SMILES string of the molecule is Cc1ccccc1[C@@H](C)Nc1nc(C)c(-c2nc3c(C)nccc3s2)c(N[C@@H]2C[C@H](CO)[C@H]3OC(C)(C)O[C@H]32)n1. The van der Waals surface area contributed by atoms with E-state index in [1.807, 2.05) is 52.1 Å². The lowest BCUT2D eigenvalue weighted by atomic mass is 10.0. The van der Waals surface area contributed by atoms with Gasteiger partial charge in [-0.15, -0.1) is 11.3 Å². The van der Waals surface area contributed by atoms with Gasteiger partial charge in [-0.1, -0.05) is 24.3 Å². The van der Waals surface area contributed by atoms with Gasteiger partial charge in [0.1, 0.15) is 22.4 Å². The third-order valence-electron chi connectivity index (χ3n) is 7.93. The Hall–Kier alpha value is -3.18. The van der Waals surface area contributed by atoms with Gasteiger partial charge in [0.25, 0.3) is 0 Å². The fraction of sp³-hybridized carbons (Fsp3) is 0.467. The van der Waals surface area contributed by atoms with Crippen LogP contribution in [-0.4, -0.2) is 55.7 Å². The lowest BCUT2D eigenvalue weighted by Gasteiger charge is -2.25. The molecule has 2 fully saturated rings. The molecule has 9 nitrogen and oxygen atoms in total. The molecule has 10 heteroatoms. The summed E-state index contributed by atoms with van der Waals surface area (Å²) in [5.41, 5.74) is 5.86. The molecule has 1 aromatic carbocycles. The number of fused-ring (bicyclic) bond motifs is 2. The first kappa shape index (κ1) is 27.0. The number of pyridine rings is 1. The normalized spacial score (nSPS) is 24.3. The molecule has 5 atom stereocenters. The fourth-order valence-corrected chi connectivity index (χ4v) is 7.12. The molecular formula is C30H36N6O3S. The zero-order valence-electron chi connectivity index (χ0n) is 23.7. The number of ether oxygens (including phenoxy) is 2. The Bertz CT molecular complexity index is 1560. The van der Waals surface area contributed by atoms with Gasteiger partial charge >= 0.3 is 0 Å². The summed E-state index contributed by atoms with van der Waals surface area (Å²) in [4.78, 5) is 19.3. The minimum Gasteiger partial charge on any atom is -0.396 e. The molecule has 0 amide bonds. The van der Waals surface area contributed by atoms with Crippen molar-refractivity contribution in [3.05, 3.63) is 59.0 Å². The lowest BCUT2D eigenvalue weighted by Crippen LogP contribution is -2.35. The van der Waals surface area contributed by atoms with Crippen LogP contribution < -0.4 is 10.6 Å². The van der Waals surface area contributed by atoms with Crippen molar-refractivity contribution in [1.82, 2.24) is 19.9 Å². The van der Waals surface area contributed by atoms with Gasteiger partial charge in [-0.25, -0.2) is 9.97 Å². The average molecular weight is 561 g/mol. The molecule has 4 aromatic rings. The maximum absolute atomic E-state index is 10.1. The van der Waals surface area contributed by atoms with Gasteiger partial charge in [-0.2, -0.15) is 4.98 Å². The van der Waals surface area contributed by atoms with E-state index in [1.165, 1.54) is 11.1 Å². The van der Waals surface area contributed by atoms with Crippen LogP contribution in [0, 0.1) is 26.7 Å². The number of benzene rings is 1. The van der Waals surface area contributed by atoms with Crippen LogP contribution in [0.1, 0.15) is 55.7 Å². The molecule has 3 N–H and O–H groups in total. The minimum atomic E-state index is -0.708. The van der Waals surface area contributed by atoms with Crippen LogP contribution in [-0.2, 0) is 9.47 Å². The molecule has 40 heavy (non-hydrogen) atoms. The molecule has 0 spiro atoms. The van der Waals surface area contributed by atoms with Crippen LogP contribution in [0.4, 0.5) is 11.8 Å². The van der Waals surface area contributed by atoms with Gasteiger partial charge in [-0.3, -0.25) is 4.98 Å². The molecule has 1 saturated carbocycles. The number of aromatic nitrogens is 4. The standard InChI is InChI=1S/C30H36N6O3S/c1-15-9-7-8-10-20(15)16(2)32-29-33-17(3)23(28-35-24-18(4)31-12-11-22(24)40-28)27(36-29)34-21-13-19(14-37)25-26(21)39-30(5,6)38-25/h7-12,16,19,21,25-26,37H,13-14H2,1-6H3,(H2,32,33,34,36)/t16-,19-,21-,25-,26+/m1/s1. The first-order valence-electron chi connectivity index (χ1n) is 13.8. The van der Waals surface area contributed by atoms with Crippen molar-refractivity contribution in [2.75, 3.05) is 17.2 Å². The maximum atomic E-state index is 10.1. The Balaban J connectivity index is 1.40. The molecule has 0 unspecified atom stereocenters. The molecule has 3 aromatic heterocycles. The van der Waals surface area contributed by atoms with E-state index in [0.29, 0.717) is 18.2 Å². The van der Waals surface area contributed by atoms with Gasteiger partial charge in [0, 0.05) is 18.7 Å². The van der Waals surface area contributed by atoms with E-state index in [2.05, 4.69) is 41.6 Å². The number of nitrogens with zero attached hydrogens (tertiary/aromatic N) is 4. The number of aliphatic hydroxyl groups excluding tert-OH is 1. The van der Waals surface area contributed by atoms with Gasteiger partial charge in [0.15, 0.2) is 5.79 Å². The number of aliphatic hydroxyl groups is 1. The second kappa shape index (κ2) is 10.3. The number of thiazole rings is 1. The topological polar surface area (TPSA) is 114 Å². The summed E-state index contributed by atoms with van der Waals surface area (Å²) in [6.07, 6.45) is 2.13. The molecule has 1 aliphatic carbocycles. The Labute approximate surface area is 238 Å². The number of aryl methyl sites for hydroxylation is 3. The van der Waals surface area contributed by atoms with E-state index in [-0.39, 0.29) is 36.8 Å². The van der Waals surface area contributed by atoms with E-state index < -0.39 is 5.79 Å². The predicted octanol–water partition coefficient (Wildman–Crippen LogP) is 5.56. The molecule has 2 aliphatic rings. The molecule has 1 aliphatic heterocycles. The first-order valence-corrected chi connectivity index (χ1v) is 14.6. The molecule has 0 bridgehead atoms. The third-order valence-corrected chi connectivity index (χ3v) is 8.97. The molecule has 4 heterocycles. The van der Waals surface area contributed by atoms with Crippen molar-refractivity contribution >= 4 is 33.3 Å².